The Bertz CT molecular complexity index is 2060. The Kier molecular flexibility index (Phi) is 4.82. The number of para-hydroxylation sites is 2. The lowest BCUT2D eigenvalue weighted by atomic mass is 9.93. The number of nitrogens with zero attached hydrogens (tertiary/aromatic N) is 2. The van der Waals surface area contributed by atoms with E-state index in [9.17, 15) is 0 Å². The van der Waals surface area contributed by atoms with Crippen LogP contribution >= 0.6 is 0 Å². The third-order valence-electron chi connectivity index (χ3n) is 9.13. The molecule has 7 aromatic rings. The summed E-state index contributed by atoms with van der Waals surface area (Å²) in [4.78, 5) is 2.61. The molecule has 41 heavy (non-hydrogen) atoms. The van der Waals surface area contributed by atoms with Gasteiger partial charge in [0.05, 0.1) is 16.7 Å². The van der Waals surface area contributed by atoms with E-state index in [4.69, 9.17) is 0 Å². The second-order valence-electron chi connectivity index (χ2n) is 11.3. The molecule has 1 unspecified atom stereocenters. The van der Waals surface area contributed by atoms with Gasteiger partial charge in [-0.1, -0.05) is 103 Å². The smallest absolute Gasteiger partial charge is 0.0541 e. The molecule has 0 N–H and O–H groups in total. The molecule has 6 aromatic carbocycles. The second-order valence-corrected chi connectivity index (χ2v) is 11.3. The minimum absolute atomic E-state index is 0.453. The third kappa shape index (κ3) is 3.31. The molecular formula is C39H28N2. The molecule has 9 rings (SSSR count). The second kappa shape index (κ2) is 8.71. The van der Waals surface area contributed by atoms with E-state index < -0.39 is 0 Å². The largest absolute Gasteiger partial charge is 0.337 e. The molecule has 194 valence electrons. The Morgan fingerprint density at radius 2 is 1.10 bits per heavy atom. The zero-order valence-corrected chi connectivity index (χ0v) is 22.7. The maximum Gasteiger partial charge on any atom is 0.0541 e. The third-order valence-corrected chi connectivity index (χ3v) is 9.13. The van der Waals surface area contributed by atoms with Gasteiger partial charge < -0.3 is 9.47 Å². The minimum Gasteiger partial charge on any atom is -0.337 e. The fraction of sp³-hybridized carbons (Fsp3) is 0.0769. The van der Waals surface area contributed by atoms with Crippen LogP contribution in [0.5, 0.6) is 0 Å². The highest BCUT2D eigenvalue weighted by atomic mass is 15.2. The van der Waals surface area contributed by atoms with E-state index in [0.717, 1.165) is 12.8 Å². The van der Waals surface area contributed by atoms with Gasteiger partial charge in [-0.05, 0) is 77.1 Å². The highest BCUT2D eigenvalue weighted by molar-refractivity contribution is 6.09. The molecule has 2 nitrogen and oxygen atoms in total. The fourth-order valence-corrected chi connectivity index (χ4v) is 7.41. The zero-order valence-electron chi connectivity index (χ0n) is 22.7. The van der Waals surface area contributed by atoms with Gasteiger partial charge >= 0.3 is 0 Å². The average Bonchev–Trinajstić information content (AvgIpc) is 3.69. The van der Waals surface area contributed by atoms with Crippen LogP contribution in [0.2, 0.25) is 0 Å². The van der Waals surface area contributed by atoms with Crippen LogP contribution in [0.4, 0.5) is 11.4 Å². The summed E-state index contributed by atoms with van der Waals surface area (Å²) in [6.07, 6.45) is 2.12. The normalized spacial score (nSPS) is 15.3. The molecule has 1 atom stereocenters. The zero-order chi connectivity index (χ0) is 26.9. The lowest BCUT2D eigenvalue weighted by molar-refractivity contribution is 0.724. The molecule has 0 saturated heterocycles. The lowest BCUT2D eigenvalue weighted by Gasteiger charge is -2.21. The summed E-state index contributed by atoms with van der Waals surface area (Å²) in [6, 6.07) is 51.6. The SMILES string of the molecule is c1ccc(-c2ccccc2-c2ccc3c(c2)CC2Cc4c(cccc4-n4c5ccccc5c5ccccc54)N32)cc1. The summed E-state index contributed by atoms with van der Waals surface area (Å²) >= 11 is 0. The van der Waals surface area contributed by atoms with Crippen LogP contribution in [-0.4, -0.2) is 10.6 Å². The van der Waals surface area contributed by atoms with Crippen molar-refractivity contribution < 1.29 is 0 Å². The Labute approximate surface area is 239 Å². The van der Waals surface area contributed by atoms with E-state index in [-0.39, 0.29) is 0 Å². The highest BCUT2D eigenvalue weighted by Gasteiger charge is 2.38. The van der Waals surface area contributed by atoms with Crippen molar-refractivity contribution in [3.05, 3.63) is 151 Å². The topological polar surface area (TPSA) is 8.17 Å². The van der Waals surface area contributed by atoms with Gasteiger partial charge in [0.25, 0.3) is 0 Å². The van der Waals surface area contributed by atoms with E-state index in [1.54, 1.807) is 0 Å². The maximum atomic E-state index is 2.61. The summed E-state index contributed by atoms with van der Waals surface area (Å²) < 4.78 is 2.48. The lowest BCUT2D eigenvalue weighted by Crippen LogP contribution is -2.22. The van der Waals surface area contributed by atoms with Gasteiger partial charge in [-0.3, -0.25) is 0 Å². The Morgan fingerprint density at radius 1 is 0.463 bits per heavy atom. The summed E-state index contributed by atoms with van der Waals surface area (Å²) in [5.74, 6) is 0. The predicted octanol–water partition coefficient (Wildman–Crippen LogP) is 9.74. The van der Waals surface area contributed by atoms with E-state index in [2.05, 4.69) is 149 Å². The molecule has 0 radical (unpaired) electrons. The van der Waals surface area contributed by atoms with Crippen molar-refractivity contribution in [1.82, 2.24) is 4.57 Å². The summed E-state index contributed by atoms with van der Waals surface area (Å²) in [6.45, 7) is 0. The number of benzene rings is 6. The summed E-state index contributed by atoms with van der Waals surface area (Å²) in [5.41, 5.74) is 14.6. The molecule has 0 saturated carbocycles. The van der Waals surface area contributed by atoms with Gasteiger partial charge in [-0.2, -0.15) is 0 Å². The number of rotatable bonds is 3. The molecule has 2 heteroatoms. The molecule has 3 heterocycles. The minimum atomic E-state index is 0.453. The van der Waals surface area contributed by atoms with Gasteiger partial charge in [0, 0.05) is 33.8 Å². The fourth-order valence-electron chi connectivity index (χ4n) is 7.41. The van der Waals surface area contributed by atoms with Crippen molar-refractivity contribution in [1.29, 1.82) is 0 Å². The van der Waals surface area contributed by atoms with Gasteiger partial charge in [-0.25, -0.2) is 0 Å². The van der Waals surface area contributed by atoms with E-state index in [0.29, 0.717) is 6.04 Å². The Morgan fingerprint density at radius 3 is 1.85 bits per heavy atom. The van der Waals surface area contributed by atoms with Crippen LogP contribution in [-0.2, 0) is 12.8 Å². The van der Waals surface area contributed by atoms with Crippen molar-refractivity contribution in [2.75, 3.05) is 4.90 Å². The van der Waals surface area contributed by atoms with Crippen LogP contribution in [0, 0.1) is 0 Å². The number of hydrogen-bond donors (Lipinski definition) is 0. The van der Waals surface area contributed by atoms with E-state index in [1.807, 2.05) is 0 Å². The van der Waals surface area contributed by atoms with Gasteiger partial charge in [0.2, 0.25) is 0 Å². The molecule has 0 amide bonds. The van der Waals surface area contributed by atoms with Crippen LogP contribution < -0.4 is 4.90 Å². The molecule has 0 bridgehead atoms. The number of hydrogen-bond acceptors (Lipinski definition) is 1. The molecule has 1 aromatic heterocycles. The van der Waals surface area contributed by atoms with Crippen LogP contribution in [0.25, 0.3) is 49.7 Å². The first-order valence-corrected chi connectivity index (χ1v) is 14.5. The quantitative estimate of drug-likeness (QED) is 0.223. The maximum absolute atomic E-state index is 2.61. The first-order chi connectivity index (χ1) is 20.3. The predicted molar refractivity (Wildman–Crippen MR) is 171 cm³/mol. The molecular weight excluding hydrogens is 496 g/mol. The highest BCUT2D eigenvalue weighted by Crippen LogP contribution is 2.49. The summed E-state index contributed by atoms with van der Waals surface area (Å²) in [7, 11) is 0. The number of aromatic nitrogens is 1. The van der Waals surface area contributed by atoms with Crippen molar-refractivity contribution in [2.45, 2.75) is 18.9 Å². The first-order valence-electron chi connectivity index (χ1n) is 14.5. The molecule has 0 spiro atoms. The molecule has 0 aliphatic carbocycles. The molecule has 2 aliphatic heterocycles. The van der Waals surface area contributed by atoms with Gasteiger partial charge in [0.1, 0.15) is 0 Å². The molecule has 0 fully saturated rings. The monoisotopic (exact) mass is 524 g/mol. The molecule has 2 aliphatic rings. The Hall–Kier alpha value is -5.08. The number of anilines is 2. The average molecular weight is 525 g/mol. The van der Waals surface area contributed by atoms with Crippen LogP contribution in [0.15, 0.2) is 140 Å². The van der Waals surface area contributed by atoms with E-state index >= 15 is 0 Å². The van der Waals surface area contributed by atoms with Gasteiger partial charge in [0.15, 0.2) is 0 Å². The van der Waals surface area contributed by atoms with Crippen LogP contribution in [0.1, 0.15) is 11.1 Å². The summed E-state index contributed by atoms with van der Waals surface area (Å²) in [5, 5.41) is 2.63. The van der Waals surface area contributed by atoms with Crippen molar-refractivity contribution >= 4 is 33.2 Å². The van der Waals surface area contributed by atoms with Crippen molar-refractivity contribution in [3.8, 4) is 27.9 Å². The number of fused-ring (bicyclic) bond motifs is 8. The van der Waals surface area contributed by atoms with Crippen molar-refractivity contribution in [2.24, 2.45) is 0 Å². The van der Waals surface area contributed by atoms with Gasteiger partial charge in [-0.15, -0.1) is 0 Å². The van der Waals surface area contributed by atoms with Crippen molar-refractivity contribution in [3.63, 3.8) is 0 Å². The van der Waals surface area contributed by atoms with E-state index in [1.165, 1.54) is 72.2 Å². The van der Waals surface area contributed by atoms with Crippen LogP contribution in [0.3, 0.4) is 0 Å². The standard InChI is InChI=1S/C39H28N2/c1-2-11-26(12-3-1)30-13-4-5-14-31(30)27-21-22-35-28(23-27)24-29-25-34-38(40(29)35)19-10-20-39(34)41-36-17-8-6-15-32(36)33-16-7-9-18-37(33)41/h1-23,29H,24-25H2. The Balaban J connectivity index is 1.16. The first kappa shape index (κ1) is 22.7.